The number of rotatable bonds is 7. The average molecular weight is 360 g/mol. The fourth-order valence-corrected chi connectivity index (χ4v) is 3.16. The van der Waals surface area contributed by atoms with E-state index in [1.807, 2.05) is 61.7 Å². The Kier molecular flexibility index (Phi) is 7.41. The van der Waals surface area contributed by atoms with E-state index in [2.05, 4.69) is 12.1 Å². The summed E-state index contributed by atoms with van der Waals surface area (Å²) >= 11 is 7.78. The minimum Gasteiger partial charge on any atom is -0.313 e. The maximum Gasteiger partial charge on any atom is 0.244 e. The summed E-state index contributed by atoms with van der Waals surface area (Å²) in [6.45, 7) is 4.29. The van der Waals surface area contributed by atoms with Crippen molar-refractivity contribution in [1.82, 2.24) is 4.90 Å². The van der Waals surface area contributed by atoms with Gasteiger partial charge in [-0.15, -0.1) is 23.4 Å². The highest BCUT2D eigenvalue weighted by Crippen LogP contribution is 2.20. The lowest BCUT2D eigenvalue weighted by molar-refractivity contribution is -0.128. The third-order valence-electron chi connectivity index (χ3n) is 3.41. The number of halogens is 1. The van der Waals surface area contributed by atoms with Crippen LogP contribution in [-0.2, 0) is 11.3 Å². The second kappa shape index (κ2) is 9.55. The minimum atomic E-state index is -0.542. The second-order valence-electron chi connectivity index (χ2n) is 5.64. The van der Waals surface area contributed by atoms with Crippen LogP contribution in [0.1, 0.15) is 19.4 Å². The predicted molar refractivity (Wildman–Crippen MR) is 103 cm³/mol. The first-order chi connectivity index (χ1) is 11.6. The molecule has 0 N–H and O–H groups in total. The summed E-state index contributed by atoms with van der Waals surface area (Å²) in [6, 6.07) is 20.2. The molecule has 0 heterocycles. The SMILES string of the molecule is C/C(=C/N(Cc1ccccc1)C(=O)C(C)Cl)CSc1ccccc1. The van der Waals surface area contributed by atoms with Crippen LogP contribution in [0.4, 0.5) is 0 Å². The summed E-state index contributed by atoms with van der Waals surface area (Å²) in [6.07, 6.45) is 1.92. The molecule has 126 valence electrons. The zero-order valence-corrected chi connectivity index (χ0v) is 15.6. The molecule has 0 spiro atoms. The highest BCUT2D eigenvalue weighted by Gasteiger charge is 2.17. The van der Waals surface area contributed by atoms with E-state index in [0.29, 0.717) is 6.54 Å². The fraction of sp³-hybridized carbons (Fsp3) is 0.250. The van der Waals surface area contributed by atoms with Crippen molar-refractivity contribution in [3.05, 3.63) is 78.0 Å². The Morgan fingerprint density at radius 3 is 2.29 bits per heavy atom. The molecule has 24 heavy (non-hydrogen) atoms. The largest absolute Gasteiger partial charge is 0.313 e. The first-order valence-electron chi connectivity index (χ1n) is 7.90. The summed E-state index contributed by atoms with van der Waals surface area (Å²) in [5.74, 6) is 0.753. The van der Waals surface area contributed by atoms with E-state index >= 15 is 0 Å². The van der Waals surface area contributed by atoms with Gasteiger partial charge in [0, 0.05) is 16.8 Å². The van der Waals surface area contributed by atoms with Gasteiger partial charge in [-0.05, 0) is 37.1 Å². The summed E-state index contributed by atoms with van der Waals surface area (Å²) in [7, 11) is 0. The average Bonchev–Trinajstić information content (AvgIpc) is 2.60. The monoisotopic (exact) mass is 359 g/mol. The fourth-order valence-electron chi connectivity index (χ4n) is 2.21. The van der Waals surface area contributed by atoms with Gasteiger partial charge in [0.2, 0.25) is 5.91 Å². The van der Waals surface area contributed by atoms with Crippen LogP contribution in [0.2, 0.25) is 0 Å². The zero-order valence-electron chi connectivity index (χ0n) is 14.0. The van der Waals surface area contributed by atoms with Crippen molar-refractivity contribution in [3.8, 4) is 0 Å². The molecule has 1 amide bonds. The van der Waals surface area contributed by atoms with Gasteiger partial charge in [0.15, 0.2) is 0 Å². The molecule has 0 aromatic heterocycles. The molecule has 1 atom stereocenters. The Morgan fingerprint density at radius 1 is 1.12 bits per heavy atom. The Bertz CT molecular complexity index is 671. The van der Waals surface area contributed by atoms with Crippen molar-refractivity contribution < 1.29 is 4.79 Å². The molecule has 0 aliphatic carbocycles. The second-order valence-corrected chi connectivity index (χ2v) is 7.35. The molecule has 2 aromatic carbocycles. The number of carbonyl (C=O) groups excluding carboxylic acids is 1. The van der Waals surface area contributed by atoms with Gasteiger partial charge in [0.05, 0.1) is 6.54 Å². The van der Waals surface area contributed by atoms with E-state index < -0.39 is 5.38 Å². The summed E-state index contributed by atoms with van der Waals surface area (Å²) in [5.41, 5.74) is 2.22. The lowest BCUT2D eigenvalue weighted by atomic mass is 10.2. The minimum absolute atomic E-state index is 0.0791. The Balaban J connectivity index is 2.06. The first-order valence-corrected chi connectivity index (χ1v) is 9.32. The summed E-state index contributed by atoms with van der Waals surface area (Å²) < 4.78 is 0. The van der Waals surface area contributed by atoms with E-state index in [4.69, 9.17) is 11.6 Å². The molecule has 0 saturated carbocycles. The van der Waals surface area contributed by atoms with Crippen LogP contribution >= 0.6 is 23.4 Å². The Hall–Kier alpha value is -1.71. The zero-order chi connectivity index (χ0) is 17.4. The highest BCUT2D eigenvalue weighted by atomic mass is 35.5. The van der Waals surface area contributed by atoms with Gasteiger partial charge in [-0.3, -0.25) is 4.79 Å². The summed E-state index contributed by atoms with van der Waals surface area (Å²) in [5, 5.41) is -0.542. The molecule has 2 nitrogen and oxygen atoms in total. The van der Waals surface area contributed by atoms with Gasteiger partial charge < -0.3 is 4.90 Å². The number of alkyl halides is 1. The molecule has 1 unspecified atom stereocenters. The number of hydrogen-bond acceptors (Lipinski definition) is 2. The molecule has 2 aromatic rings. The van der Waals surface area contributed by atoms with Gasteiger partial charge in [0.25, 0.3) is 0 Å². The van der Waals surface area contributed by atoms with Crippen LogP contribution in [0.5, 0.6) is 0 Å². The number of nitrogens with zero attached hydrogens (tertiary/aromatic N) is 1. The van der Waals surface area contributed by atoms with Gasteiger partial charge in [-0.25, -0.2) is 0 Å². The topological polar surface area (TPSA) is 20.3 Å². The predicted octanol–water partition coefficient (Wildman–Crippen LogP) is 5.34. The van der Waals surface area contributed by atoms with Gasteiger partial charge >= 0.3 is 0 Å². The van der Waals surface area contributed by atoms with Crippen molar-refractivity contribution in [2.24, 2.45) is 0 Å². The Labute approximate surface area is 153 Å². The summed E-state index contributed by atoms with van der Waals surface area (Å²) in [4.78, 5) is 15.3. The highest BCUT2D eigenvalue weighted by molar-refractivity contribution is 7.99. The smallest absolute Gasteiger partial charge is 0.244 e. The van der Waals surface area contributed by atoms with E-state index in [-0.39, 0.29) is 5.91 Å². The van der Waals surface area contributed by atoms with Crippen molar-refractivity contribution >= 4 is 29.3 Å². The standard InChI is InChI=1S/C20H22ClNOS/c1-16(15-24-19-11-7-4-8-12-19)13-22(20(23)17(2)21)14-18-9-5-3-6-10-18/h3-13,17H,14-15H2,1-2H3/b16-13-. The first kappa shape index (κ1) is 18.6. The van der Waals surface area contributed by atoms with E-state index in [0.717, 1.165) is 16.9 Å². The lowest BCUT2D eigenvalue weighted by Crippen LogP contribution is -2.31. The van der Waals surface area contributed by atoms with Crippen LogP contribution in [0, 0.1) is 0 Å². The van der Waals surface area contributed by atoms with Crippen molar-refractivity contribution in [1.29, 1.82) is 0 Å². The maximum atomic E-state index is 12.4. The van der Waals surface area contributed by atoms with Crippen molar-refractivity contribution in [2.75, 3.05) is 5.75 Å². The van der Waals surface area contributed by atoms with E-state index in [1.54, 1.807) is 23.6 Å². The molecular formula is C20H22ClNOS. The van der Waals surface area contributed by atoms with Crippen LogP contribution in [0.3, 0.4) is 0 Å². The van der Waals surface area contributed by atoms with E-state index in [1.165, 1.54) is 4.90 Å². The number of benzene rings is 2. The molecule has 2 rings (SSSR count). The third kappa shape index (κ3) is 6.06. The molecule has 0 aliphatic heterocycles. The molecule has 0 aliphatic rings. The molecule has 0 saturated heterocycles. The quantitative estimate of drug-likeness (QED) is 0.491. The van der Waals surface area contributed by atoms with Crippen molar-refractivity contribution in [3.63, 3.8) is 0 Å². The number of hydrogen-bond donors (Lipinski definition) is 0. The van der Waals surface area contributed by atoms with Gasteiger partial charge in [-0.1, -0.05) is 48.5 Å². The van der Waals surface area contributed by atoms with Gasteiger partial charge in [0.1, 0.15) is 5.38 Å². The van der Waals surface area contributed by atoms with Crippen LogP contribution in [0.25, 0.3) is 0 Å². The van der Waals surface area contributed by atoms with E-state index in [9.17, 15) is 4.79 Å². The molecule has 0 radical (unpaired) electrons. The van der Waals surface area contributed by atoms with Crippen molar-refractivity contribution in [2.45, 2.75) is 30.7 Å². The molecule has 4 heteroatoms. The van der Waals surface area contributed by atoms with Crippen LogP contribution in [0.15, 0.2) is 77.3 Å². The Morgan fingerprint density at radius 2 is 1.71 bits per heavy atom. The maximum absolute atomic E-state index is 12.4. The number of carbonyl (C=O) groups is 1. The molecule has 0 fully saturated rings. The normalized spacial score (nSPS) is 12.7. The van der Waals surface area contributed by atoms with Crippen LogP contribution in [-0.4, -0.2) is 21.9 Å². The molecule has 0 bridgehead atoms. The van der Waals surface area contributed by atoms with Crippen LogP contribution < -0.4 is 0 Å². The number of thioether (sulfide) groups is 1. The lowest BCUT2D eigenvalue weighted by Gasteiger charge is -2.21. The van der Waals surface area contributed by atoms with Gasteiger partial charge in [-0.2, -0.15) is 0 Å². The number of amides is 1. The molecular weight excluding hydrogens is 338 g/mol. The third-order valence-corrected chi connectivity index (χ3v) is 4.80.